The van der Waals surface area contributed by atoms with Gasteiger partial charge in [-0.05, 0) is 37.5 Å². The number of rotatable bonds is 13. The van der Waals surface area contributed by atoms with Gasteiger partial charge in [0.1, 0.15) is 5.75 Å². The Morgan fingerprint density at radius 2 is 1.50 bits per heavy atom. The Kier molecular flexibility index (Phi) is 10.7. The van der Waals surface area contributed by atoms with Crippen LogP contribution in [0.15, 0.2) is 24.3 Å². The summed E-state index contributed by atoms with van der Waals surface area (Å²) in [5.41, 5.74) is 1.18. The van der Waals surface area contributed by atoms with E-state index in [1.54, 1.807) is 14.0 Å². The predicted octanol–water partition coefficient (Wildman–Crippen LogP) is 5.69. The molecule has 1 aromatic rings. The highest BCUT2D eigenvalue weighted by Gasteiger charge is 1.98. The van der Waals surface area contributed by atoms with Crippen molar-refractivity contribution in [3.05, 3.63) is 29.8 Å². The van der Waals surface area contributed by atoms with E-state index in [4.69, 9.17) is 9.47 Å². The average Bonchev–Trinajstić information content (AvgIpc) is 2.53. The zero-order valence-electron chi connectivity index (χ0n) is 14.2. The minimum atomic E-state index is -0.636. The molecule has 1 rings (SSSR count). The van der Waals surface area contributed by atoms with Crippen LogP contribution < -0.4 is 4.74 Å². The van der Waals surface area contributed by atoms with E-state index < -0.39 is 6.17 Å². The number of halogens is 1. The van der Waals surface area contributed by atoms with Crippen molar-refractivity contribution in [2.45, 2.75) is 71.1 Å². The van der Waals surface area contributed by atoms with Gasteiger partial charge in [0.25, 0.3) is 0 Å². The van der Waals surface area contributed by atoms with Crippen molar-refractivity contribution in [1.82, 2.24) is 0 Å². The van der Waals surface area contributed by atoms with E-state index in [-0.39, 0.29) is 0 Å². The van der Waals surface area contributed by atoms with Crippen LogP contribution in [0.25, 0.3) is 0 Å². The molecule has 126 valence electrons. The monoisotopic (exact) mass is 310 g/mol. The molecule has 0 saturated carbocycles. The lowest BCUT2D eigenvalue weighted by Crippen LogP contribution is -1.96. The summed E-state index contributed by atoms with van der Waals surface area (Å²) in [5, 5.41) is 0. The van der Waals surface area contributed by atoms with E-state index in [1.807, 2.05) is 24.3 Å². The van der Waals surface area contributed by atoms with Gasteiger partial charge in [-0.2, -0.15) is 0 Å². The standard InChI is InChI=1S/C19H31FO2/c1-17(20)10-8-6-4-3-5-7-9-15-22-16-18-11-13-19(21-2)14-12-18/h11-14,17H,3-10,15-16H2,1-2H3. The maximum Gasteiger partial charge on any atom is 0.118 e. The van der Waals surface area contributed by atoms with Gasteiger partial charge in [0.15, 0.2) is 0 Å². The highest BCUT2D eigenvalue weighted by atomic mass is 19.1. The van der Waals surface area contributed by atoms with Gasteiger partial charge in [-0.15, -0.1) is 0 Å². The predicted molar refractivity (Wildman–Crippen MR) is 90.2 cm³/mol. The lowest BCUT2D eigenvalue weighted by molar-refractivity contribution is 0.116. The lowest BCUT2D eigenvalue weighted by Gasteiger charge is -2.06. The van der Waals surface area contributed by atoms with Crippen molar-refractivity contribution in [2.24, 2.45) is 0 Å². The zero-order valence-corrected chi connectivity index (χ0v) is 14.2. The molecule has 0 aliphatic carbocycles. The summed E-state index contributed by atoms with van der Waals surface area (Å²) < 4.78 is 23.4. The van der Waals surface area contributed by atoms with Crippen LogP contribution >= 0.6 is 0 Å². The Bertz CT molecular complexity index is 362. The summed E-state index contributed by atoms with van der Waals surface area (Å²) in [7, 11) is 1.67. The minimum Gasteiger partial charge on any atom is -0.497 e. The summed E-state index contributed by atoms with van der Waals surface area (Å²) in [6, 6.07) is 8.00. The van der Waals surface area contributed by atoms with E-state index in [0.717, 1.165) is 31.6 Å². The highest BCUT2D eigenvalue weighted by Crippen LogP contribution is 2.13. The molecule has 22 heavy (non-hydrogen) atoms. The van der Waals surface area contributed by atoms with Gasteiger partial charge in [-0.3, -0.25) is 0 Å². The first-order valence-corrected chi connectivity index (χ1v) is 8.57. The molecule has 0 heterocycles. The third kappa shape index (κ3) is 9.78. The molecule has 2 nitrogen and oxygen atoms in total. The molecule has 0 amide bonds. The van der Waals surface area contributed by atoms with Gasteiger partial charge in [-0.25, -0.2) is 4.39 Å². The molecule has 0 N–H and O–H groups in total. The summed E-state index contributed by atoms with van der Waals surface area (Å²) >= 11 is 0. The molecule has 1 atom stereocenters. The molecule has 0 bridgehead atoms. The molecule has 0 fully saturated rings. The minimum absolute atomic E-state index is 0.636. The lowest BCUT2D eigenvalue weighted by atomic mass is 10.1. The third-order valence-electron chi connectivity index (χ3n) is 3.82. The summed E-state index contributed by atoms with van der Waals surface area (Å²) in [4.78, 5) is 0. The maximum atomic E-state index is 12.6. The van der Waals surface area contributed by atoms with E-state index >= 15 is 0 Å². The van der Waals surface area contributed by atoms with Crippen LogP contribution in [0.5, 0.6) is 5.75 Å². The number of benzene rings is 1. The number of hydrogen-bond donors (Lipinski definition) is 0. The van der Waals surface area contributed by atoms with E-state index in [9.17, 15) is 4.39 Å². The smallest absolute Gasteiger partial charge is 0.118 e. The van der Waals surface area contributed by atoms with Crippen molar-refractivity contribution >= 4 is 0 Å². The number of alkyl halides is 1. The van der Waals surface area contributed by atoms with Crippen LogP contribution in [-0.2, 0) is 11.3 Å². The van der Waals surface area contributed by atoms with Crippen LogP contribution in [0.4, 0.5) is 4.39 Å². The second-order valence-corrected chi connectivity index (χ2v) is 5.94. The van der Waals surface area contributed by atoms with Gasteiger partial charge in [0.2, 0.25) is 0 Å². The fourth-order valence-electron chi connectivity index (χ4n) is 2.43. The fraction of sp³-hybridized carbons (Fsp3) is 0.684. The topological polar surface area (TPSA) is 18.5 Å². The van der Waals surface area contributed by atoms with Crippen molar-refractivity contribution in [1.29, 1.82) is 0 Å². The van der Waals surface area contributed by atoms with Gasteiger partial charge in [-0.1, -0.05) is 50.7 Å². The Morgan fingerprint density at radius 1 is 0.909 bits per heavy atom. The number of unbranched alkanes of at least 4 members (excludes halogenated alkanes) is 6. The first kappa shape index (κ1) is 19.0. The summed E-state index contributed by atoms with van der Waals surface area (Å²) in [6.45, 7) is 3.14. The second kappa shape index (κ2) is 12.5. The van der Waals surface area contributed by atoms with Crippen molar-refractivity contribution in [3.8, 4) is 5.75 Å². The molecule has 0 saturated heterocycles. The maximum absolute atomic E-state index is 12.6. The Balaban J connectivity index is 1.87. The molecule has 0 aliphatic heterocycles. The van der Waals surface area contributed by atoms with Crippen LogP contribution in [0.3, 0.4) is 0 Å². The number of hydrogen-bond acceptors (Lipinski definition) is 2. The Morgan fingerprint density at radius 3 is 2.09 bits per heavy atom. The normalized spacial score (nSPS) is 12.3. The Labute approximate surface area is 135 Å². The van der Waals surface area contributed by atoms with Crippen LogP contribution in [-0.4, -0.2) is 19.9 Å². The van der Waals surface area contributed by atoms with Gasteiger partial charge >= 0.3 is 0 Å². The van der Waals surface area contributed by atoms with Crippen molar-refractivity contribution < 1.29 is 13.9 Å². The summed E-state index contributed by atoms with van der Waals surface area (Å²) in [6.07, 6.45) is 8.39. The number of methoxy groups -OCH3 is 1. The Hall–Kier alpha value is -1.09. The van der Waals surface area contributed by atoms with Crippen LogP contribution in [0.1, 0.15) is 63.9 Å². The third-order valence-corrected chi connectivity index (χ3v) is 3.82. The van der Waals surface area contributed by atoms with Gasteiger partial charge in [0, 0.05) is 6.61 Å². The van der Waals surface area contributed by atoms with Crippen molar-refractivity contribution in [2.75, 3.05) is 13.7 Å². The fourth-order valence-corrected chi connectivity index (χ4v) is 2.43. The van der Waals surface area contributed by atoms with E-state index in [2.05, 4.69) is 0 Å². The number of ether oxygens (including phenoxy) is 2. The quantitative estimate of drug-likeness (QED) is 0.436. The zero-order chi connectivity index (χ0) is 16.0. The molecule has 1 aromatic carbocycles. The highest BCUT2D eigenvalue weighted by molar-refractivity contribution is 5.26. The molecule has 0 spiro atoms. The SMILES string of the molecule is COc1ccc(COCCCCCCCCCC(C)F)cc1. The molecule has 1 unspecified atom stereocenters. The summed E-state index contributed by atoms with van der Waals surface area (Å²) in [5.74, 6) is 0.879. The molecular formula is C19H31FO2. The largest absolute Gasteiger partial charge is 0.497 e. The van der Waals surface area contributed by atoms with Gasteiger partial charge < -0.3 is 9.47 Å². The van der Waals surface area contributed by atoms with E-state index in [0.29, 0.717) is 6.61 Å². The molecule has 0 aromatic heterocycles. The molecular weight excluding hydrogens is 279 g/mol. The molecule has 3 heteroatoms. The second-order valence-electron chi connectivity index (χ2n) is 5.94. The van der Waals surface area contributed by atoms with Crippen molar-refractivity contribution in [3.63, 3.8) is 0 Å². The molecule has 0 radical (unpaired) electrons. The first-order valence-electron chi connectivity index (χ1n) is 8.57. The molecule has 0 aliphatic rings. The van der Waals surface area contributed by atoms with Crippen LogP contribution in [0, 0.1) is 0 Å². The first-order chi connectivity index (χ1) is 10.7. The van der Waals surface area contributed by atoms with Crippen LogP contribution in [0.2, 0.25) is 0 Å². The van der Waals surface area contributed by atoms with Gasteiger partial charge in [0.05, 0.1) is 19.9 Å². The van der Waals surface area contributed by atoms with E-state index in [1.165, 1.54) is 37.7 Å². The average molecular weight is 310 g/mol.